The van der Waals surface area contributed by atoms with Gasteiger partial charge in [0.05, 0.1) is 5.69 Å². The van der Waals surface area contributed by atoms with Crippen molar-refractivity contribution in [2.45, 2.75) is 103 Å². The molecule has 0 spiro atoms. The lowest BCUT2D eigenvalue weighted by Gasteiger charge is -2.47. The van der Waals surface area contributed by atoms with Gasteiger partial charge in [0.15, 0.2) is 0 Å². The largest absolute Gasteiger partial charge is 0.487 e. The number of hydrogen-bond acceptors (Lipinski definition) is 2. The molecule has 4 heteroatoms. The Kier molecular flexibility index (Phi) is 7.08. The molecule has 1 aliphatic carbocycles. The summed E-state index contributed by atoms with van der Waals surface area (Å²) >= 11 is 0. The molecular weight excluding hydrogens is 384 g/mol. The lowest BCUT2D eigenvalue weighted by atomic mass is 9.67. The molecule has 2 aliphatic rings. The Morgan fingerprint density at radius 2 is 1.97 bits per heavy atom. The molecule has 172 valence electrons. The van der Waals surface area contributed by atoms with Crippen molar-refractivity contribution in [2.24, 2.45) is 5.92 Å². The summed E-state index contributed by atoms with van der Waals surface area (Å²) in [5.74, 6) is 1.60. The van der Waals surface area contributed by atoms with E-state index in [9.17, 15) is 4.79 Å². The van der Waals surface area contributed by atoms with E-state index >= 15 is 0 Å². The van der Waals surface area contributed by atoms with Crippen LogP contribution >= 0.6 is 0 Å². The third-order valence-corrected chi connectivity index (χ3v) is 7.40. The zero-order valence-corrected chi connectivity index (χ0v) is 20.7. The number of fused-ring (bicyclic) bond motifs is 3. The fourth-order valence-corrected chi connectivity index (χ4v) is 5.36. The Hall–Kier alpha value is -1.97. The first kappa shape index (κ1) is 23.7. The summed E-state index contributed by atoms with van der Waals surface area (Å²) in [6.07, 6.45) is 10.8. The number of benzene rings is 1. The molecule has 1 heterocycles. The summed E-state index contributed by atoms with van der Waals surface area (Å²) in [4.78, 5) is 12.3. The summed E-state index contributed by atoms with van der Waals surface area (Å²) in [6.45, 7) is 13.5. The summed E-state index contributed by atoms with van der Waals surface area (Å²) in [5.41, 5.74) is 4.48. The Balaban J connectivity index is 2.07. The molecule has 4 nitrogen and oxygen atoms in total. The van der Waals surface area contributed by atoms with Gasteiger partial charge in [-0.25, -0.2) is 4.79 Å². The van der Waals surface area contributed by atoms with Crippen molar-refractivity contribution in [3.05, 3.63) is 34.9 Å². The maximum absolute atomic E-state index is 12.3. The van der Waals surface area contributed by atoms with Gasteiger partial charge in [-0.3, -0.25) is 0 Å². The molecule has 0 aromatic heterocycles. The Labute approximate surface area is 189 Å². The van der Waals surface area contributed by atoms with Crippen LogP contribution < -0.4 is 15.4 Å². The number of hydrogen-bond donors (Lipinski definition) is 2. The smallest absolute Gasteiger partial charge is 0.318 e. The predicted molar refractivity (Wildman–Crippen MR) is 130 cm³/mol. The molecule has 2 atom stereocenters. The predicted octanol–water partition coefficient (Wildman–Crippen LogP) is 7.30. The van der Waals surface area contributed by atoms with Crippen LogP contribution in [0.3, 0.4) is 0 Å². The number of urea groups is 1. The average Bonchev–Trinajstić information content (AvgIpc) is 2.70. The maximum atomic E-state index is 12.3. The van der Waals surface area contributed by atoms with Gasteiger partial charge in [0.25, 0.3) is 0 Å². The second-order valence-electron chi connectivity index (χ2n) is 10.7. The number of anilines is 1. The van der Waals surface area contributed by atoms with E-state index in [1.54, 1.807) is 7.05 Å². The van der Waals surface area contributed by atoms with Gasteiger partial charge in [-0.2, -0.15) is 0 Å². The van der Waals surface area contributed by atoms with Crippen molar-refractivity contribution in [1.82, 2.24) is 5.32 Å². The molecule has 2 N–H and O–H groups in total. The van der Waals surface area contributed by atoms with Crippen molar-refractivity contribution in [1.29, 1.82) is 0 Å². The molecule has 0 saturated carbocycles. The van der Waals surface area contributed by atoms with Crippen LogP contribution in [0.25, 0.3) is 0 Å². The van der Waals surface area contributed by atoms with E-state index < -0.39 is 0 Å². The van der Waals surface area contributed by atoms with Crippen LogP contribution in [0.5, 0.6) is 5.75 Å². The van der Waals surface area contributed by atoms with E-state index in [1.165, 1.54) is 36.8 Å². The van der Waals surface area contributed by atoms with E-state index in [-0.39, 0.29) is 23.0 Å². The molecule has 31 heavy (non-hydrogen) atoms. The second-order valence-corrected chi connectivity index (χ2v) is 10.7. The second kappa shape index (κ2) is 9.26. The topological polar surface area (TPSA) is 50.4 Å². The number of amides is 2. The number of ether oxygens (including phenoxy) is 1. The fourth-order valence-electron chi connectivity index (χ4n) is 5.36. The van der Waals surface area contributed by atoms with Gasteiger partial charge >= 0.3 is 6.03 Å². The molecule has 3 rings (SSSR count). The van der Waals surface area contributed by atoms with Crippen molar-refractivity contribution < 1.29 is 9.53 Å². The first-order chi connectivity index (χ1) is 14.6. The Morgan fingerprint density at radius 1 is 1.23 bits per heavy atom. The zero-order valence-electron chi connectivity index (χ0n) is 20.7. The van der Waals surface area contributed by atoms with Crippen LogP contribution in [0.1, 0.15) is 104 Å². The van der Waals surface area contributed by atoms with Crippen LogP contribution in [-0.4, -0.2) is 18.7 Å². The Morgan fingerprint density at radius 3 is 2.65 bits per heavy atom. The zero-order chi connectivity index (χ0) is 22.8. The lowest BCUT2D eigenvalue weighted by molar-refractivity contribution is 0.0118. The van der Waals surface area contributed by atoms with E-state index in [0.717, 1.165) is 36.3 Å². The van der Waals surface area contributed by atoms with Crippen molar-refractivity contribution in [3.8, 4) is 5.75 Å². The van der Waals surface area contributed by atoms with Crippen LogP contribution in [0, 0.1) is 5.92 Å². The number of allylic oxidation sites excluding steroid dienone is 2. The summed E-state index contributed by atoms with van der Waals surface area (Å²) in [6, 6.07) is 4.27. The molecule has 0 saturated heterocycles. The highest BCUT2D eigenvalue weighted by Crippen LogP contribution is 2.54. The van der Waals surface area contributed by atoms with E-state index in [1.807, 2.05) is 0 Å². The fraction of sp³-hybridized carbons (Fsp3) is 0.667. The van der Waals surface area contributed by atoms with Gasteiger partial charge in [0.2, 0.25) is 0 Å². The highest BCUT2D eigenvalue weighted by Gasteiger charge is 2.45. The number of rotatable bonds is 7. The minimum Gasteiger partial charge on any atom is -0.487 e. The molecule has 1 aromatic rings. The van der Waals surface area contributed by atoms with Gasteiger partial charge in [0, 0.05) is 24.4 Å². The van der Waals surface area contributed by atoms with Crippen LogP contribution in [0.15, 0.2) is 23.8 Å². The Bertz CT molecular complexity index is 838. The number of nitrogens with one attached hydrogen (secondary N) is 2. The third kappa shape index (κ3) is 5.10. The first-order valence-electron chi connectivity index (χ1n) is 12.1. The highest BCUT2D eigenvalue weighted by molar-refractivity contribution is 5.91. The molecule has 1 aliphatic heterocycles. The van der Waals surface area contributed by atoms with E-state index in [0.29, 0.717) is 5.92 Å². The highest BCUT2D eigenvalue weighted by atomic mass is 16.5. The quantitative estimate of drug-likeness (QED) is 0.355. The molecule has 2 amide bonds. The van der Waals surface area contributed by atoms with Crippen molar-refractivity contribution >= 4 is 11.7 Å². The summed E-state index contributed by atoms with van der Waals surface area (Å²) in [5, 5.41) is 5.84. The first-order valence-corrected chi connectivity index (χ1v) is 12.1. The van der Waals surface area contributed by atoms with Crippen LogP contribution in [0.2, 0.25) is 0 Å². The van der Waals surface area contributed by atoms with Gasteiger partial charge < -0.3 is 15.4 Å². The lowest BCUT2D eigenvalue weighted by Crippen LogP contribution is -2.45. The molecule has 1 aromatic carbocycles. The van der Waals surface area contributed by atoms with E-state index in [2.05, 4.69) is 70.4 Å². The standard InChI is InChI=1S/C27H42N2O2/c1-8-9-10-11-14-26(3,4)19-16-22(29-25(30)28-7)24-20-15-18(2)12-13-21(20)27(5,6)31-23(24)17-19/h15-17,20-21H,8-14H2,1-7H3,(H2,28,29,30)/t20-,21-/m1/s1. The van der Waals surface area contributed by atoms with E-state index in [4.69, 9.17) is 4.74 Å². The van der Waals surface area contributed by atoms with Gasteiger partial charge in [0.1, 0.15) is 11.4 Å². The van der Waals surface area contributed by atoms with Crippen molar-refractivity contribution in [2.75, 3.05) is 12.4 Å². The molecular formula is C27H42N2O2. The SMILES string of the molecule is CCCCCCC(C)(C)c1cc(NC(=O)NC)c2c(c1)OC(C)(C)[C@@H]1CCC(C)=C[C@@H]21. The number of carbonyl (C=O) groups is 1. The molecule has 0 unspecified atom stereocenters. The minimum absolute atomic E-state index is 0.0184. The van der Waals surface area contributed by atoms with Gasteiger partial charge in [-0.15, -0.1) is 0 Å². The molecule has 0 fully saturated rings. The number of carbonyl (C=O) groups excluding carboxylic acids is 1. The van der Waals surface area contributed by atoms with Gasteiger partial charge in [-0.1, -0.05) is 58.1 Å². The summed E-state index contributed by atoms with van der Waals surface area (Å²) < 4.78 is 6.66. The average molecular weight is 427 g/mol. The molecule has 0 radical (unpaired) electrons. The van der Waals surface area contributed by atoms with Crippen LogP contribution in [-0.2, 0) is 5.41 Å². The normalized spacial score (nSPS) is 22.0. The number of unbranched alkanes of at least 4 members (excludes halogenated alkanes) is 3. The third-order valence-electron chi connectivity index (χ3n) is 7.40. The van der Waals surface area contributed by atoms with Crippen LogP contribution in [0.4, 0.5) is 10.5 Å². The van der Waals surface area contributed by atoms with Crippen molar-refractivity contribution in [3.63, 3.8) is 0 Å². The van der Waals surface area contributed by atoms with Gasteiger partial charge in [-0.05, 0) is 63.1 Å². The maximum Gasteiger partial charge on any atom is 0.318 e. The summed E-state index contributed by atoms with van der Waals surface area (Å²) in [7, 11) is 1.66. The molecule has 0 bridgehead atoms. The monoisotopic (exact) mass is 426 g/mol. The minimum atomic E-state index is -0.233.